The molecule has 0 radical (unpaired) electrons. The Hall–Kier alpha value is -4.13. The molecule has 0 fully saturated rings. The van der Waals surface area contributed by atoms with Crippen LogP contribution in [0.4, 0.5) is 5.69 Å². The van der Waals surface area contributed by atoms with E-state index in [4.69, 9.17) is 9.47 Å². The molecule has 0 bridgehead atoms. The Kier molecular flexibility index (Phi) is 5.17. The molecule has 4 aromatic rings. The molecule has 7 nitrogen and oxygen atoms in total. The van der Waals surface area contributed by atoms with E-state index >= 15 is 0 Å². The summed E-state index contributed by atoms with van der Waals surface area (Å²) < 4.78 is 11.8. The van der Waals surface area contributed by atoms with Gasteiger partial charge in [0, 0.05) is 11.5 Å². The molecule has 150 valence electrons. The summed E-state index contributed by atoms with van der Waals surface area (Å²) >= 11 is 0. The van der Waals surface area contributed by atoms with E-state index in [2.05, 4.69) is 10.4 Å². The molecule has 4 rings (SSSR count). The van der Waals surface area contributed by atoms with E-state index in [0.717, 1.165) is 0 Å². The Morgan fingerprint density at radius 1 is 0.900 bits per heavy atom. The molecule has 0 saturated carbocycles. The summed E-state index contributed by atoms with van der Waals surface area (Å²) in [7, 11) is 3.06. The van der Waals surface area contributed by atoms with Crippen molar-refractivity contribution in [2.24, 2.45) is 0 Å². The first-order chi connectivity index (χ1) is 14.6. The zero-order valence-electron chi connectivity index (χ0n) is 16.5. The molecular formula is C23H19N3O4. The summed E-state index contributed by atoms with van der Waals surface area (Å²) in [6.45, 7) is 0. The molecule has 0 aliphatic rings. The van der Waals surface area contributed by atoms with Gasteiger partial charge in [0.15, 0.2) is 5.69 Å². The van der Waals surface area contributed by atoms with Crippen LogP contribution < -0.4 is 20.3 Å². The number of nitrogens with zero attached hydrogens (tertiary/aromatic N) is 2. The molecule has 3 aromatic carbocycles. The van der Waals surface area contributed by atoms with E-state index in [-0.39, 0.29) is 11.3 Å². The molecule has 0 aliphatic carbocycles. The van der Waals surface area contributed by atoms with E-state index in [0.29, 0.717) is 33.6 Å². The Morgan fingerprint density at radius 3 is 2.30 bits per heavy atom. The fourth-order valence-electron chi connectivity index (χ4n) is 3.18. The van der Waals surface area contributed by atoms with Gasteiger partial charge in [0.1, 0.15) is 11.5 Å². The lowest BCUT2D eigenvalue weighted by atomic mass is 10.1. The average Bonchev–Trinajstić information content (AvgIpc) is 2.80. The van der Waals surface area contributed by atoms with E-state index < -0.39 is 5.91 Å². The predicted octanol–water partition coefficient (Wildman–Crippen LogP) is 3.66. The highest BCUT2D eigenvalue weighted by molar-refractivity contribution is 6.11. The number of nitrogens with one attached hydrogen (secondary N) is 1. The molecule has 0 unspecified atom stereocenters. The van der Waals surface area contributed by atoms with Gasteiger partial charge >= 0.3 is 0 Å². The number of aromatic nitrogens is 2. The van der Waals surface area contributed by atoms with Gasteiger partial charge in [-0.05, 0) is 30.3 Å². The number of rotatable bonds is 5. The van der Waals surface area contributed by atoms with Gasteiger partial charge in [-0.25, -0.2) is 0 Å². The van der Waals surface area contributed by atoms with Crippen LogP contribution in [0.5, 0.6) is 11.5 Å². The van der Waals surface area contributed by atoms with Crippen molar-refractivity contribution in [2.45, 2.75) is 0 Å². The van der Waals surface area contributed by atoms with Gasteiger partial charge in [0.05, 0.1) is 31.0 Å². The van der Waals surface area contributed by atoms with E-state index in [9.17, 15) is 9.59 Å². The van der Waals surface area contributed by atoms with Crippen LogP contribution in [0.15, 0.2) is 77.6 Å². The predicted molar refractivity (Wildman–Crippen MR) is 115 cm³/mol. The first kappa shape index (κ1) is 19.2. The standard InChI is InChI=1S/C23H19N3O4/c1-29-16-12-13-19(20(14-16)30-2)24-22(27)21-17-10-6-7-11-18(17)23(28)26(25-21)15-8-4-3-5-9-15/h3-14H,1-2H3,(H,24,27). The van der Waals surface area contributed by atoms with Gasteiger partial charge in [-0.15, -0.1) is 0 Å². The van der Waals surface area contributed by atoms with Crippen LogP contribution in [0.3, 0.4) is 0 Å². The molecular weight excluding hydrogens is 382 g/mol. The number of methoxy groups -OCH3 is 2. The first-order valence-electron chi connectivity index (χ1n) is 9.23. The Morgan fingerprint density at radius 2 is 1.60 bits per heavy atom. The quantitative estimate of drug-likeness (QED) is 0.552. The summed E-state index contributed by atoms with van der Waals surface area (Å²) in [6, 6.07) is 21.0. The number of carbonyl (C=O) groups is 1. The second-order valence-corrected chi connectivity index (χ2v) is 6.47. The van der Waals surface area contributed by atoms with Crippen LogP contribution in [0.2, 0.25) is 0 Å². The van der Waals surface area contributed by atoms with Gasteiger partial charge in [-0.1, -0.05) is 36.4 Å². The fraction of sp³-hybridized carbons (Fsp3) is 0.0870. The van der Waals surface area contributed by atoms with Crippen LogP contribution in [0.1, 0.15) is 10.5 Å². The van der Waals surface area contributed by atoms with E-state index in [1.807, 2.05) is 6.07 Å². The highest BCUT2D eigenvalue weighted by Gasteiger charge is 2.19. The van der Waals surface area contributed by atoms with Crippen LogP contribution in [0, 0.1) is 0 Å². The summed E-state index contributed by atoms with van der Waals surface area (Å²) in [5.41, 5.74) is 0.873. The van der Waals surface area contributed by atoms with Crippen molar-refractivity contribution < 1.29 is 14.3 Å². The normalized spacial score (nSPS) is 10.6. The third-order valence-corrected chi connectivity index (χ3v) is 4.68. The number of ether oxygens (including phenoxy) is 2. The zero-order chi connectivity index (χ0) is 21.1. The zero-order valence-corrected chi connectivity index (χ0v) is 16.5. The van der Waals surface area contributed by atoms with E-state index in [1.54, 1.807) is 73.8 Å². The second-order valence-electron chi connectivity index (χ2n) is 6.47. The van der Waals surface area contributed by atoms with Gasteiger partial charge < -0.3 is 14.8 Å². The molecule has 7 heteroatoms. The number of carbonyl (C=O) groups excluding carboxylic acids is 1. The monoisotopic (exact) mass is 401 g/mol. The number of amides is 1. The maximum absolute atomic E-state index is 13.2. The minimum atomic E-state index is -0.459. The Bertz CT molecular complexity index is 1280. The lowest BCUT2D eigenvalue weighted by molar-refractivity contribution is 0.102. The molecule has 0 spiro atoms. The highest BCUT2D eigenvalue weighted by atomic mass is 16.5. The van der Waals surface area contributed by atoms with Gasteiger partial charge in [0.2, 0.25) is 0 Å². The number of para-hydroxylation sites is 1. The molecule has 1 heterocycles. The number of anilines is 1. The summed E-state index contributed by atoms with van der Waals surface area (Å²) in [4.78, 5) is 26.1. The molecule has 1 N–H and O–H groups in total. The van der Waals surface area contributed by atoms with Crippen molar-refractivity contribution >= 4 is 22.4 Å². The molecule has 0 saturated heterocycles. The average molecular weight is 401 g/mol. The van der Waals surface area contributed by atoms with Crippen molar-refractivity contribution in [2.75, 3.05) is 19.5 Å². The first-order valence-corrected chi connectivity index (χ1v) is 9.23. The van der Waals surface area contributed by atoms with E-state index in [1.165, 1.54) is 11.8 Å². The van der Waals surface area contributed by atoms with Crippen LogP contribution in [-0.4, -0.2) is 29.9 Å². The van der Waals surface area contributed by atoms with Crippen molar-refractivity contribution in [3.05, 3.63) is 88.8 Å². The number of benzene rings is 3. The van der Waals surface area contributed by atoms with Gasteiger partial charge in [-0.2, -0.15) is 9.78 Å². The topological polar surface area (TPSA) is 82.5 Å². The van der Waals surface area contributed by atoms with Crippen LogP contribution in [-0.2, 0) is 0 Å². The summed E-state index contributed by atoms with van der Waals surface area (Å²) in [5.74, 6) is 0.591. The third kappa shape index (κ3) is 3.48. The Labute approximate surface area is 172 Å². The maximum Gasteiger partial charge on any atom is 0.279 e. The Balaban J connectivity index is 1.83. The number of hydrogen-bond donors (Lipinski definition) is 1. The number of hydrogen-bond acceptors (Lipinski definition) is 5. The largest absolute Gasteiger partial charge is 0.497 e. The lowest BCUT2D eigenvalue weighted by Crippen LogP contribution is -2.26. The molecule has 1 amide bonds. The van der Waals surface area contributed by atoms with Crippen molar-refractivity contribution in [3.63, 3.8) is 0 Å². The SMILES string of the molecule is COc1ccc(NC(=O)c2nn(-c3ccccc3)c(=O)c3ccccc23)c(OC)c1. The lowest BCUT2D eigenvalue weighted by Gasteiger charge is -2.13. The van der Waals surface area contributed by atoms with Crippen molar-refractivity contribution in [3.8, 4) is 17.2 Å². The van der Waals surface area contributed by atoms with Crippen LogP contribution in [0.25, 0.3) is 16.5 Å². The van der Waals surface area contributed by atoms with Gasteiger partial charge in [-0.3, -0.25) is 9.59 Å². The molecule has 0 aliphatic heterocycles. The highest BCUT2D eigenvalue weighted by Crippen LogP contribution is 2.29. The maximum atomic E-state index is 13.2. The summed E-state index contributed by atoms with van der Waals surface area (Å²) in [5, 5.41) is 8.08. The van der Waals surface area contributed by atoms with Crippen LogP contribution >= 0.6 is 0 Å². The summed E-state index contributed by atoms with van der Waals surface area (Å²) in [6.07, 6.45) is 0. The number of fused-ring (bicyclic) bond motifs is 1. The van der Waals surface area contributed by atoms with Crippen molar-refractivity contribution in [1.82, 2.24) is 9.78 Å². The van der Waals surface area contributed by atoms with Crippen molar-refractivity contribution in [1.29, 1.82) is 0 Å². The van der Waals surface area contributed by atoms with Gasteiger partial charge in [0.25, 0.3) is 11.5 Å². The minimum absolute atomic E-state index is 0.131. The smallest absolute Gasteiger partial charge is 0.279 e. The third-order valence-electron chi connectivity index (χ3n) is 4.68. The minimum Gasteiger partial charge on any atom is -0.497 e. The fourth-order valence-corrected chi connectivity index (χ4v) is 3.18. The second kappa shape index (κ2) is 8.08. The molecule has 30 heavy (non-hydrogen) atoms. The molecule has 1 aromatic heterocycles. The molecule has 0 atom stereocenters.